The van der Waals surface area contributed by atoms with Gasteiger partial charge in [0.15, 0.2) is 12.2 Å². The summed E-state index contributed by atoms with van der Waals surface area (Å²) >= 11 is 5.79. The minimum atomic E-state index is -1.31. The fourth-order valence-electron chi connectivity index (χ4n) is 1.89. The average Bonchev–Trinajstić information content (AvgIpc) is 2.56. The zero-order chi connectivity index (χ0) is 18.4. The monoisotopic (exact) mass is 365 g/mol. The Morgan fingerprint density at radius 1 is 1.12 bits per heavy atom. The number of esters is 1. The molecule has 0 spiro atoms. The topological polar surface area (TPSA) is 64.6 Å². The van der Waals surface area contributed by atoms with Gasteiger partial charge in [0, 0.05) is 5.02 Å². The van der Waals surface area contributed by atoms with Gasteiger partial charge in [0.05, 0.1) is 5.69 Å². The molecule has 7 heteroatoms. The summed E-state index contributed by atoms with van der Waals surface area (Å²) in [5.74, 6) is -1.53. The molecule has 0 aliphatic carbocycles. The molecule has 5 nitrogen and oxygen atoms in total. The van der Waals surface area contributed by atoms with E-state index >= 15 is 0 Å². The van der Waals surface area contributed by atoms with Crippen molar-refractivity contribution < 1.29 is 23.5 Å². The summed E-state index contributed by atoms with van der Waals surface area (Å²) in [6, 6.07) is 12.2. The fourth-order valence-corrected chi connectivity index (χ4v) is 2.02. The van der Waals surface area contributed by atoms with Crippen molar-refractivity contribution >= 4 is 29.2 Å². The molecule has 0 bridgehead atoms. The SMILES string of the molecule is CC(C)(Oc1ccc(Cl)cc1)C(=O)OCC(=O)Nc1ccccc1F. The van der Waals surface area contributed by atoms with E-state index in [0.29, 0.717) is 10.8 Å². The number of anilines is 1. The first-order valence-corrected chi connectivity index (χ1v) is 7.82. The van der Waals surface area contributed by atoms with Crippen LogP contribution in [0.25, 0.3) is 0 Å². The quantitative estimate of drug-likeness (QED) is 0.790. The lowest BCUT2D eigenvalue weighted by Crippen LogP contribution is -2.41. The molecule has 1 N–H and O–H groups in total. The van der Waals surface area contributed by atoms with Crippen LogP contribution in [0.5, 0.6) is 5.75 Å². The zero-order valence-corrected chi connectivity index (χ0v) is 14.5. The number of para-hydroxylation sites is 1. The minimum Gasteiger partial charge on any atom is -0.476 e. The highest BCUT2D eigenvalue weighted by atomic mass is 35.5. The van der Waals surface area contributed by atoms with Crippen LogP contribution in [0, 0.1) is 5.82 Å². The Kier molecular flexibility index (Phi) is 5.98. The van der Waals surface area contributed by atoms with Crippen LogP contribution in [-0.2, 0) is 14.3 Å². The van der Waals surface area contributed by atoms with Gasteiger partial charge >= 0.3 is 5.97 Å². The maximum Gasteiger partial charge on any atom is 0.350 e. The molecule has 0 heterocycles. The molecule has 2 rings (SSSR count). The summed E-state index contributed by atoms with van der Waals surface area (Å²) in [6.45, 7) is 2.47. The van der Waals surface area contributed by atoms with Crippen molar-refractivity contribution in [1.82, 2.24) is 0 Å². The lowest BCUT2D eigenvalue weighted by atomic mass is 10.1. The maximum absolute atomic E-state index is 13.5. The number of ether oxygens (including phenoxy) is 2. The van der Waals surface area contributed by atoms with E-state index in [1.807, 2.05) is 0 Å². The number of amides is 1. The molecule has 2 aromatic rings. The molecule has 2 aromatic carbocycles. The van der Waals surface area contributed by atoms with Crippen LogP contribution in [0.2, 0.25) is 5.02 Å². The number of halogens is 2. The van der Waals surface area contributed by atoms with Crippen LogP contribution >= 0.6 is 11.6 Å². The van der Waals surface area contributed by atoms with Gasteiger partial charge < -0.3 is 14.8 Å². The largest absolute Gasteiger partial charge is 0.476 e. The standard InChI is InChI=1S/C18H17ClFNO4/c1-18(2,25-13-9-7-12(19)8-10-13)17(23)24-11-16(22)21-15-6-4-3-5-14(15)20/h3-10H,11H2,1-2H3,(H,21,22). The number of rotatable bonds is 6. The molecule has 1 amide bonds. The van der Waals surface area contributed by atoms with Gasteiger partial charge in [0.2, 0.25) is 0 Å². The van der Waals surface area contributed by atoms with Crippen molar-refractivity contribution in [2.75, 3.05) is 11.9 Å². The molecule has 0 aliphatic rings. The normalized spacial score (nSPS) is 10.9. The lowest BCUT2D eigenvalue weighted by Gasteiger charge is -2.24. The molecule has 0 saturated carbocycles. The fraction of sp³-hybridized carbons (Fsp3) is 0.222. The molecule has 0 unspecified atom stereocenters. The average molecular weight is 366 g/mol. The molecule has 25 heavy (non-hydrogen) atoms. The van der Waals surface area contributed by atoms with Gasteiger partial charge in [0.1, 0.15) is 11.6 Å². The van der Waals surface area contributed by atoms with Gasteiger partial charge in [-0.15, -0.1) is 0 Å². The molecule has 0 radical (unpaired) electrons. The Morgan fingerprint density at radius 2 is 1.76 bits per heavy atom. The van der Waals surface area contributed by atoms with E-state index in [2.05, 4.69) is 5.32 Å². The predicted octanol–water partition coefficient (Wildman–Crippen LogP) is 3.82. The van der Waals surface area contributed by atoms with Gasteiger partial charge in [0.25, 0.3) is 5.91 Å². The number of carbonyl (C=O) groups is 2. The minimum absolute atomic E-state index is 0.0141. The molecule has 0 aliphatic heterocycles. The number of hydrogen-bond acceptors (Lipinski definition) is 4. The summed E-state index contributed by atoms with van der Waals surface area (Å²) < 4.78 is 24.0. The number of benzene rings is 2. The van der Waals surface area contributed by atoms with Gasteiger partial charge in [-0.25, -0.2) is 9.18 Å². The van der Waals surface area contributed by atoms with Crippen molar-refractivity contribution in [1.29, 1.82) is 0 Å². The van der Waals surface area contributed by atoms with Gasteiger partial charge in [-0.05, 0) is 50.2 Å². The summed E-state index contributed by atoms with van der Waals surface area (Å²) in [6.07, 6.45) is 0. The van der Waals surface area contributed by atoms with Crippen LogP contribution in [0.15, 0.2) is 48.5 Å². The molecular formula is C18H17ClFNO4. The van der Waals surface area contributed by atoms with Crippen molar-refractivity contribution in [3.8, 4) is 5.75 Å². The molecule has 0 saturated heterocycles. The Morgan fingerprint density at radius 3 is 2.40 bits per heavy atom. The first-order chi connectivity index (χ1) is 11.8. The highest BCUT2D eigenvalue weighted by molar-refractivity contribution is 6.30. The second kappa shape index (κ2) is 7.98. The highest BCUT2D eigenvalue weighted by Crippen LogP contribution is 2.21. The third kappa shape index (κ3) is 5.46. The van der Waals surface area contributed by atoms with E-state index in [0.717, 1.165) is 0 Å². The van der Waals surface area contributed by atoms with Gasteiger partial charge in [-0.3, -0.25) is 4.79 Å². The van der Waals surface area contributed by atoms with E-state index in [1.165, 1.54) is 32.0 Å². The molecule has 0 fully saturated rings. The van der Waals surface area contributed by atoms with Crippen LogP contribution in [0.3, 0.4) is 0 Å². The molecular weight excluding hydrogens is 349 g/mol. The summed E-state index contributed by atoms with van der Waals surface area (Å²) in [4.78, 5) is 23.9. The molecule has 0 atom stereocenters. The van der Waals surface area contributed by atoms with Crippen molar-refractivity contribution in [2.45, 2.75) is 19.4 Å². The Hall–Kier alpha value is -2.60. The maximum atomic E-state index is 13.5. The highest BCUT2D eigenvalue weighted by Gasteiger charge is 2.32. The van der Waals surface area contributed by atoms with Crippen molar-refractivity contribution in [2.24, 2.45) is 0 Å². The van der Waals surface area contributed by atoms with Gasteiger partial charge in [-0.1, -0.05) is 23.7 Å². The van der Waals surface area contributed by atoms with Crippen LogP contribution in [0.1, 0.15) is 13.8 Å². The van der Waals surface area contributed by atoms with Crippen LogP contribution < -0.4 is 10.1 Å². The third-order valence-electron chi connectivity index (χ3n) is 3.16. The summed E-state index contributed by atoms with van der Waals surface area (Å²) in [7, 11) is 0. The van der Waals surface area contributed by atoms with Crippen molar-refractivity contribution in [3.05, 3.63) is 59.4 Å². The number of nitrogens with one attached hydrogen (secondary N) is 1. The van der Waals surface area contributed by atoms with E-state index in [-0.39, 0.29) is 5.69 Å². The van der Waals surface area contributed by atoms with E-state index < -0.39 is 29.9 Å². The van der Waals surface area contributed by atoms with E-state index in [1.54, 1.807) is 30.3 Å². The summed E-state index contributed by atoms with van der Waals surface area (Å²) in [5.41, 5.74) is -1.30. The zero-order valence-electron chi connectivity index (χ0n) is 13.7. The number of hydrogen-bond donors (Lipinski definition) is 1. The third-order valence-corrected chi connectivity index (χ3v) is 3.41. The van der Waals surface area contributed by atoms with Gasteiger partial charge in [-0.2, -0.15) is 0 Å². The lowest BCUT2D eigenvalue weighted by molar-refractivity contribution is -0.161. The van der Waals surface area contributed by atoms with Crippen LogP contribution in [-0.4, -0.2) is 24.1 Å². The molecule has 0 aromatic heterocycles. The predicted molar refractivity (Wildman–Crippen MR) is 92.1 cm³/mol. The molecule has 132 valence electrons. The Bertz CT molecular complexity index is 762. The van der Waals surface area contributed by atoms with E-state index in [4.69, 9.17) is 21.1 Å². The second-order valence-electron chi connectivity index (χ2n) is 5.67. The van der Waals surface area contributed by atoms with Crippen LogP contribution in [0.4, 0.5) is 10.1 Å². The number of carbonyl (C=O) groups excluding carboxylic acids is 2. The van der Waals surface area contributed by atoms with E-state index in [9.17, 15) is 14.0 Å². The summed E-state index contributed by atoms with van der Waals surface area (Å²) in [5, 5.41) is 2.87. The second-order valence-corrected chi connectivity index (χ2v) is 6.11. The Balaban J connectivity index is 1.88. The first kappa shape index (κ1) is 18.7. The van der Waals surface area contributed by atoms with Crippen molar-refractivity contribution in [3.63, 3.8) is 0 Å². The smallest absolute Gasteiger partial charge is 0.350 e. The Labute approximate surface area is 149 Å². The first-order valence-electron chi connectivity index (χ1n) is 7.44.